The smallest absolute Gasteiger partial charge is 0.339 e. The first-order chi connectivity index (χ1) is 8.26. The van der Waals surface area contributed by atoms with Crippen LogP contribution < -0.4 is 5.32 Å². The molecule has 0 radical (unpaired) electrons. The highest BCUT2D eigenvalue weighted by molar-refractivity contribution is 5.94. The maximum atomic E-state index is 11.0. The first-order valence-electron chi connectivity index (χ1n) is 4.90. The topological polar surface area (TPSA) is 105 Å². The van der Waals surface area contributed by atoms with Crippen LogP contribution in [0.15, 0.2) is 12.3 Å². The minimum atomic E-state index is -1.32. The Labute approximate surface area is 103 Å². The fraction of sp³-hybridized carbons (Fsp3) is 0.273. The van der Waals surface area contributed by atoms with Crippen molar-refractivity contribution in [2.45, 2.75) is 19.4 Å². The molecule has 0 unspecified atom stereocenters. The Morgan fingerprint density at radius 3 is 2.72 bits per heavy atom. The zero-order chi connectivity index (χ0) is 13.9. The molecule has 0 fully saturated rings. The van der Waals surface area contributed by atoms with Gasteiger partial charge in [-0.1, -0.05) is 5.92 Å². The summed E-state index contributed by atoms with van der Waals surface area (Å²) in [5, 5.41) is 22.3. The lowest BCUT2D eigenvalue weighted by Gasteiger charge is -2.21. The van der Waals surface area contributed by atoms with Gasteiger partial charge in [-0.3, -0.25) is 10.1 Å². The third kappa shape index (κ3) is 2.95. The average molecular weight is 249 g/mol. The number of rotatable bonds is 4. The van der Waals surface area contributed by atoms with E-state index in [-0.39, 0.29) is 11.4 Å². The second-order valence-corrected chi connectivity index (χ2v) is 4.05. The van der Waals surface area contributed by atoms with E-state index < -0.39 is 22.1 Å². The van der Waals surface area contributed by atoms with E-state index in [2.05, 4.69) is 16.2 Å². The predicted octanol–water partition coefficient (Wildman–Crippen LogP) is 1.51. The molecule has 2 N–H and O–H groups in total. The molecule has 1 rings (SSSR count). The highest BCUT2D eigenvalue weighted by Gasteiger charge is 2.22. The summed E-state index contributed by atoms with van der Waals surface area (Å²) in [6.07, 6.45) is 6.24. The SMILES string of the molecule is C#CC(C)(C)Nc1ncc([N+](=O)[O-])cc1C(=O)O. The number of anilines is 1. The number of carbonyl (C=O) groups is 1. The number of carboxylic acids is 1. The molecule has 0 aromatic carbocycles. The Kier molecular flexibility index (Phi) is 3.52. The molecule has 94 valence electrons. The van der Waals surface area contributed by atoms with E-state index in [0.29, 0.717) is 0 Å². The fourth-order valence-corrected chi connectivity index (χ4v) is 1.15. The van der Waals surface area contributed by atoms with Gasteiger partial charge in [-0.25, -0.2) is 9.78 Å². The number of nitrogens with one attached hydrogen (secondary N) is 1. The number of aromatic carboxylic acids is 1. The summed E-state index contributed by atoms with van der Waals surface area (Å²) in [5.41, 5.74) is -1.50. The first-order valence-corrected chi connectivity index (χ1v) is 4.90. The van der Waals surface area contributed by atoms with Crippen LogP contribution in [0.25, 0.3) is 0 Å². The van der Waals surface area contributed by atoms with Crippen LogP contribution in [0.4, 0.5) is 11.5 Å². The largest absolute Gasteiger partial charge is 0.478 e. The van der Waals surface area contributed by atoms with Crippen molar-refractivity contribution in [2.24, 2.45) is 0 Å². The second kappa shape index (κ2) is 4.71. The van der Waals surface area contributed by atoms with Crippen molar-refractivity contribution in [3.8, 4) is 12.3 Å². The van der Waals surface area contributed by atoms with E-state index in [1.54, 1.807) is 13.8 Å². The molecule has 0 saturated carbocycles. The number of hydrogen-bond acceptors (Lipinski definition) is 5. The summed E-state index contributed by atoms with van der Waals surface area (Å²) < 4.78 is 0. The zero-order valence-corrected chi connectivity index (χ0v) is 9.80. The van der Waals surface area contributed by atoms with Crippen LogP contribution in [-0.4, -0.2) is 26.5 Å². The molecule has 1 aromatic heterocycles. The molecular weight excluding hydrogens is 238 g/mol. The molecule has 18 heavy (non-hydrogen) atoms. The van der Waals surface area contributed by atoms with Gasteiger partial charge in [-0.15, -0.1) is 6.42 Å². The molecule has 0 saturated heterocycles. The van der Waals surface area contributed by atoms with Crippen molar-refractivity contribution in [2.75, 3.05) is 5.32 Å². The predicted molar refractivity (Wildman–Crippen MR) is 64.4 cm³/mol. The highest BCUT2D eigenvalue weighted by atomic mass is 16.6. The van der Waals surface area contributed by atoms with Crippen LogP contribution in [0.5, 0.6) is 0 Å². The van der Waals surface area contributed by atoms with Crippen molar-refractivity contribution in [3.05, 3.63) is 27.9 Å². The van der Waals surface area contributed by atoms with Crippen LogP contribution in [0.2, 0.25) is 0 Å². The van der Waals surface area contributed by atoms with Crippen LogP contribution in [-0.2, 0) is 0 Å². The Balaban J connectivity index is 3.25. The Morgan fingerprint density at radius 1 is 1.67 bits per heavy atom. The summed E-state index contributed by atoms with van der Waals surface area (Å²) in [6, 6.07) is 0.935. The fourth-order valence-electron chi connectivity index (χ4n) is 1.15. The lowest BCUT2D eigenvalue weighted by molar-refractivity contribution is -0.385. The van der Waals surface area contributed by atoms with Crippen molar-refractivity contribution in [1.82, 2.24) is 4.98 Å². The minimum Gasteiger partial charge on any atom is -0.478 e. The quantitative estimate of drug-likeness (QED) is 0.476. The minimum absolute atomic E-state index is 0.00366. The van der Waals surface area contributed by atoms with Gasteiger partial charge in [-0.2, -0.15) is 0 Å². The van der Waals surface area contributed by atoms with E-state index in [1.807, 2.05) is 0 Å². The van der Waals surface area contributed by atoms with Gasteiger partial charge in [0.05, 0.1) is 10.5 Å². The summed E-state index contributed by atoms with van der Waals surface area (Å²) in [4.78, 5) is 24.6. The Hall–Kier alpha value is -2.62. The number of hydrogen-bond donors (Lipinski definition) is 2. The molecule has 0 aliphatic rings. The van der Waals surface area contributed by atoms with Gasteiger partial charge in [0, 0.05) is 6.07 Å². The van der Waals surface area contributed by atoms with Crippen LogP contribution in [0.1, 0.15) is 24.2 Å². The Morgan fingerprint density at radius 2 is 2.28 bits per heavy atom. The number of terminal acetylenes is 1. The van der Waals surface area contributed by atoms with E-state index in [1.165, 1.54) is 0 Å². The Bertz CT molecular complexity index is 546. The van der Waals surface area contributed by atoms with E-state index >= 15 is 0 Å². The number of nitro groups is 1. The van der Waals surface area contributed by atoms with E-state index in [0.717, 1.165) is 12.3 Å². The molecule has 1 aromatic rings. The van der Waals surface area contributed by atoms with Crippen molar-refractivity contribution < 1.29 is 14.8 Å². The lowest BCUT2D eigenvalue weighted by Crippen LogP contribution is -2.30. The summed E-state index contributed by atoms with van der Waals surface area (Å²) in [5.74, 6) is 1.09. The molecular formula is C11H11N3O4. The zero-order valence-electron chi connectivity index (χ0n) is 9.80. The van der Waals surface area contributed by atoms with Gasteiger partial charge in [-0.05, 0) is 13.8 Å². The van der Waals surface area contributed by atoms with E-state index in [4.69, 9.17) is 11.5 Å². The summed E-state index contributed by atoms with van der Waals surface area (Å²) >= 11 is 0. The number of carboxylic acid groups (broad SMARTS) is 1. The van der Waals surface area contributed by atoms with Crippen LogP contribution in [0, 0.1) is 22.5 Å². The maximum Gasteiger partial charge on any atom is 0.339 e. The molecule has 7 nitrogen and oxygen atoms in total. The third-order valence-electron chi connectivity index (χ3n) is 2.11. The number of nitrogens with zero attached hydrogens (tertiary/aromatic N) is 2. The first kappa shape index (κ1) is 13.4. The van der Waals surface area contributed by atoms with Gasteiger partial charge in [0.15, 0.2) is 0 Å². The van der Waals surface area contributed by atoms with Gasteiger partial charge in [0.2, 0.25) is 0 Å². The summed E-state index contributed by atoms with van der Waals surface area (Å²) in [6.45, 7) is 3.31. The molecule has 0 atom stereocenters. The van der Waals surface area contributed by atoms with Gasteiger partial charge in [0.25, 0.3) is 5.69 Å². The van der Waals surface area contributed by atoms with Crippen molar-refractivity contribution in [1.29, 1.82) is 0 Å². The van der Waals surface area contributed by atoms with Gasteiger partial charge >= 0.3 is 5.97 Å². The normalized spacial score (nSPS) is 10.5. The molecule has 0 aliphatic heterocycles. The summed E-state index contributed by atoms with van der Waals surface area (Å²) in [7, 11) is 0. The number of aromatic nitrogens is 1. The molecule has 0 bridgehead atoms. The molecule has 0 spiro atoms. The number of pyridine rings is 1. The molecule has 0 amide bonds. The lowest BCUT2D eigenvalue weighted by atomic mass is 10.1. The molecule has 7 heteroatoms. The van der Waals surface area contributed by atoms with Gasteiger partial charge in [0.1, 0.15) is 17.6 Å². The van der Waals surface area contributed by atoms with Crippen LogP contribution >= 0.6 is 0 Å². The highest BCUT2D eigenvalue weighted by Crippen LogP contribution is 2.21. The van der Waals surface area contributed by atoms with Crippen molar-refractivity contribution >= 4 is 17.5 Å². The standard InChI is InChI=1S/C11H11N3O4/c1-4-11(2,3)13-9-8(10(15)16)5-7(6-12-9)14(17)18/h1,5-6H,2-3H3,(H,12,13)(H,15,16). The maximum absolute atomic E-state index is 11.0. The molecule has 0 aliphatic carbocycles. The second-order valence-electron chi connectivity index (χ2n) is 4.05. The average Bonchev–Trinajstić information content (AvgIpc) is 2.28. The van der Waals surface area contributed by atoms with Crippen LogP contribution in [0.3, 0.4) is 0 Å². The van der Waals surface area contributed by atoms with E-state index in [9.17, 15) is 14.9 Å². The van der Waals surface area contributed by atoms with Gasteiger partial charge < -0.3 is 10.4 Å². The third-order valence-corrected chi connectivity index (χ3v) is 2.11. The van der Waals surface area contributed by atoms with Crippen molar-refractivity contribution in [3.63, 3.8) is 0 Å². The monoisotopic (exact) mass is 249 g/mol. The molecule has 1 heterocycles.